The van der Waals surface area contributed by atoms with Gasteiger partial charge in [0.15, 0.2) is 5.76 Å². The number of carbonyl (C=O) groups is 1. The maximum absolute atomic E-state index is 10.8. The molecular weight excluding hydrogens is 244 g/mol. The fourth-order valence-corrected chi connectivity index (χ4v) is 1.95. The van der Waals surface area contributed by atoms with Crippen molar-refractivity contribution in [3.8, 4) is 0 Å². The number of carboxylic acid groups (broad SMARTS) is 1. The normalized spacial score (nSPS) is 10.4. The molecule has 0 aliphatic rings. The fraction of sp³-hybridized carbons (Fsp3) is 0.286. The zero-order valence-corrected chi connectivity index (χ0v) is 10.7. The van der Waals surface area contributed by atoms with Gasteiger partial charge in [-0.25, -0.2) is 0 Å². The van der Waals surface area contributed by atoms with E-state index < -0.39 is 5.97 Å². The molecule has 0 saturated heterocycles. The predicted octanol–water partition coefficient (Wildman–Crippen LogP) is 2.46. The van der Waals surface area contributed by atoms with E-state index >= 15 is 0 Å². The van der Waals surface area contributed by atoms with E-state index in [1.165, 1.54) is 0 Å². The number of aliphatic carboxylic acids is 1. The van der Waals surface area contributed by atoms with Gasteiger partial charge in [-0.15, -0.1) is 0 Å². The Bertz CT molecular complexity index is 537. The van der Waals surface area contributed by atoms with Crippen LogP contribution in [-0.2, 0) is 11.3 Å². The van der Waals surface area contributed by atoms with Crippen LogP contribution in [0.2, 0.25) is 0 Å². The van der Waals surface area contributed by atoms with Gasteiger partial charge in [-0.2, -0.15) is 0 Å². The van der Waals surface area contributed by atoms with E-state index in [4.69, 9.17) is 9.63 Å². The molecule has 0 fully saturated rings. The molecule has 5 nitrogen and oxygen atoms in total. The van der Waals surface area contributed by atoms with Gasteiger partial charge >= 0.3 is 5.97 Å². The van der Waals surface area contributed by atoms with Gasteiger partial charge in [-0.3, -0.25) is 4.79 Å². The van der Waals surface area contributed by atoms with Gasteiger partial charge in [0.05, 0.1) is 19.2 Å². The second-order valence-electron chi connectivity index (χ2n) is 4.33. The van der Waals surface area contributed by atoms with E-state index in [0.29, 0.717) is 18.8 Å². The molecule has 19 heavy (non-hydrogen) atoms. The molecule has 0 unspecified atom stereocenters. The number of benzene rings is 1. The first-order valence-electron chi connectivity index (χ1n) is 6.09. The maximum atomic E-state index is 10.8. The largest absolute Gasteiger partial charge is 0.481 e. The van der Waals surface area contributed by atoms with Gasteiger partial charge in [-0.05, 0) is 18.6 Å². The highest BCUT2D eigenvalue weighted by Crippen LogP contribution is 2.21. The molecule has 0 radical (unpaired) electrons. The summed E-state index contributed by atoms with van der Waals surface area (Å²) in [6.45, 7) is 2.95. The first-order valence-corrected chi connectivity index (χ1v) is 6.09. The third-order valence-electron chi connectivity index (χ3n) is 2.89. The number of aryl methyl sites for hydroxylation is 1. The number of para-hydroxylation sites is 1. The smallest absolute Gasteiger partial charge is 0.305 e. The van der Waals surface area contributed by atoms with Crippen molar-refractivity contribution in [3.63, 3.8) is 0 Å². The number of rotatable bonds is 6. The number of anilines is 1. The molecule has 1 aromatic carbocycles. The van der Waals surface area contributed by atoms with Gasteiger partial charge < -0.3 is 14.5 Å². The molecular formula is C14H16N2O3. The monoisotopic (exact) mass is 260 g/mol. The van der Waals surface area contributed by atoms with Crippen LogP contribution in [0.4, 0.5) is 5.69 Å². The standard InChI is InChI=1S/C14H16N2O3/c1-11-4-2-3-5-13(11)16(9-7-14(17)18)10-12-6-8-15-19-12/h2-6,8H,7,9-10H2,1H3,(H,17,18). The van der Waals surface area contributed by atoms with E-state index in [9.17, 15) is 4.79 Å². The van der Waals surface area contributed by atoms with Crippen molar-refractivity contribution >= 4 is 11.7 Å². The molecule has 0 amide bonds. The highest BCUT2D eigenvalue weighted by Gasteiger charge is 2.13. The van der Waals surface area contributed by atoms with Crippen LogP contribution in [0.15, 0.2) is 41.1 Å². The zero-order valence-electron chi connectivity index (χ0n) is 10.7. The molecule has 0 aliphatic heterocycles. The SMILES string of the molecule is Cc1ccccc1N(CCC(=O)O)Cc1ccno1. The first kappa shape index (κ1) is 13.1. The average molecular weight is 260 g/mol. The predicted molar refractivity (Wildman–Crippen MR) is 71.0 cm³/mol. The molecule has 2 aromatic rings. The summed E-state index contributed by atoms with van der Waals surface area (Å²) in [6.07, 6.45) is 1.67. The minimum atomic E-state index is -0.809. The Labute approximate surface area is 111 Å². The van der Waals surface area contributed by atoms with Crippen LogP contribution in [0.1, 0.15) is 17.7 Å². The summed E-state index contributed by atoms with van der Waals surface area (Å²) in [6, 6.07) is 9.67. The Kier molecular flexibility index (Phi) is 4.18. The van der Waals surface area contributed by atoms with E-state index in [0.717, 1.165) is 11.3 Å². The number of carboxylic acids is 1. The maximum Gasteiger partial charge on any atom is 0.305 e. The quantitative estimate of drug-likeness (QED) is 0.864. The summed E-state index contributed by atoms with van der Waals surface area (Å²) in [5.41, 5.74) is 2.12. The highest BCUT2D eigenvalue weighted by molar-refractivity contribution is 5.68. The van der Waals surface area contributed by atoms with Crippen LogP contribution < -0.4 is 4.90 Å². The van der Waals surface area contributed by atoms with E-state index in [-0.39, 0.29) is 6.42 Å². The Morgan fingerprint density at radius 1 is 1.37 bits per heavy atom. The first-order chi connectivity index (χ1) is 9.16. The fourth-order valence-electron chi connectivity index (χ4n) is 1.95. The van der Waals surface area contributed by atoms with E-state index in [1.54, 1.807) is 12.3 Å². The molecule has 1 heterocycles. The topological polar surface area (TPSA) is 66.6 Å². The molecule has 0 aliphatic carbocycles. The highest BCUT2D eigenvalue weighted by atomic mass is 16.5. The number of hydrogen-bond donors (Lipinski definition) is 1. The Morgan fingerprint density at radius 2 is 2.16 bits per heavy atom. The Morgan fingerprint density at radius 3 is 2.79 bits per heavy atom. The second-order valence-corrected chi connectivity index (χ2v) is 4.33. The molecule has 0 saturated carbocycles. The average Bonchev–Trinajstić information content (AvgIpc) is 2.88. The molecule has 100 valence electrons. The molecule has 1 N–H and O–H groups in total. The zero-order chi connectivity index (χ0) is 13.7. The number of aromatic nitrogens is 1. The van der Waals surface area contributed by atoms with E-state index in [2.05, 4.69) is 5.16 Å². The lowest BCUT2D eigenvalue weighted by Crippen LogP contribution is -2.26. The molecule has 0 bridgehead atoms. The van der Waals surface area contributed by atoms with Crippen LogP contribution in [0.25, 0.3) is 0 Å². The Hall–Kier alpha value is -2.30. The molecule has 2 rings (SSSR count). The summed E-state index contributed by atoms with van der Waals surface area (Å²) >= 11 is 0. The van der Waals surface area contributed by atoms with Gasteiger partial charge in [0.2, 0.25) is 0 Å². The summed E-state index contributed by atoms with van der Waals surface area (Å²) in [5, 5.41) is 12.5. The summed E-state index contributed by atoms with van der Waals surface area (Å²) in [7, 11) is 0. The van der Waals surface area contributed by atoms with Crippen molar-refractivity contribution in [1.29, 1.82) is 0 Å². The number of nitrogens with zero attached hydrogens (tertiary/aromatic N) is 2. The lowest BCUT2D eigenvalue weighted by atomic mass is 10.1. The number of hydrogen-bond acceptors (Lipinski definition) is 4. The van der Waals surface area contributed by atoms with Crippen molar-refractivity contribution in [1.82, 2.24) is 5.16 Å². The minimum absolute atomic E-state index is 0.0858. The van der Waals surface area contributed by atoms with Gasteiger partial charge in [0.25, 0.3) is 0 Å². The van der Waals surface area contributed by atoms with Gasteiger partial charge in [0.1, 0.15) is 0 Å². The second kappa shape index (κ2) is 6.04. The van der Waals surface area contributed by atoms with Gasteiger partial charge in [-0.1, -0.05) is 23.4 Å². The van der Waals surface area contributed by atoms with Crippen molar-refractivity contribution < 1.29 is 14.4 Å². The summed E-state index contributed by atoms with van der Waals surface area (Å²) in [4.78, 5) is 12.8. The van der Waals surface area contributed by atoms with Crippen molar-refractivity contribution in [2.45, 2.75) is 19.9 Å². The molecule has 1 aromatic heterocycles. The molecule has 5 heteroatoms. The van der Waals surface area contributed by atoms with Crippen molar-refractivity contribution in [2.24, 2.45) is 0 Å². The summed E-state index contributed by atoms with van der Waals surface area (Å²) < 4.78 is 5.09. The molecule has 0 spiro atoms. The summed E-state index contributed by atoms with van der Waals surface area (Å²) in [5.74, 6) is -0.0928. The van der Waals surface area contributed by atoms with Crippen LogP contribution in [0, 0.1) is 6.92 Å². The lowest BCUT2D eigenvalue weighted by Gasteiger charge is -2.24. The molecule has 0 atom stereocenters. The van der Waals surface area contributed by atoms with Crippen molar-refractivity contribution in [2.75, 3.05) is 11.4 Å². The minimum Gasteiger partial charge on any atom is -0.481 e. The van der Waals surface area contributed by atoms with Crippen LogP contribution in [0.5, 0.6) is 0 Å². The third kappa shape index (κ3) is 3.58. The van der Waals surface area contributed by atoms with Crippen LogP contribution in [0.3, 0.4) is 0 Å². The van der Waals surface area contributed by atoms with Crippen LogP contribution >= 0.6 is 0 Å². The van der Waals surface area contributed by atoms with Gasteiger partial charge in [0, 0.05) is 18.3 Å². The van der Waals surface area contributed by atoms with E-state index in [1.807, 2.05) is 36.1 Å². The van der Waals surface area contributed by atoms with Crippen LogP contribution in [-0.4, -0.2) is 22.8 Å². The lowest BCUT2D eigenvalue weighted by molar-refractivity contribution is -0.136. The Balaban J connectivity index is 2.18. The van der Waals surface area contributed by atoms with Crippen molar-refractivity contribution in [3.05, 3.63) is 47.9 Å². The third-order valence-corrected chi connectivity index (χ3v) is 2.89.